The van der Waals surface area contributed by atoms with Gasteiger partial charge in [0.1, 0.15) is 0 Å². The fourth-order valence-corrected chi connectivity index (χ4v) is 2.37. The summed E-state index contributed by atoms with van der Waals surface area (Å²) in [7, 11) is 0. The zero-order chi connectivity index (χ0) is 8.39. The fraction of sp³-hybridized carbons (Fsp3) is 0.818. The second-order valence-corrected chi connectivity index (χ2v) is 4.05. The van der Waals surface area contributed by atoms with Crippen LogP contribution in [0.3, 0.4) is 0 Å². The molecule has 1 aliphatic heterocycles. The first-order valence-corrected chi connectivity index (χ1v) is 5.09. The summed E-state index contributed by atoms with van der Waals surface area (Å²) in [5, 5.41) is 0. The molecule has 12 heavy (non-hydrogen) atoms. The zero-order valence-corrected chi connectivity index (χ0v) is 7.63. The van der Waals surface area contributed by atoms with Gasteiger partial charge in [-0.1, -0.05) is 0 Å². The minimum absolute atomic E-state index is 0.952. The van der Waals surface area contributed by atoms with Crippen LogP contribution < -0.4 is 0 Å². The van der Waals surface area contributed by atoms with Crippen molar-refractivity contribution >= 4 is 0 Å². The highest BCUT2D eigenvalue weighted by atomic mass is 15.2. The van der Waals surface area contributed by atoms with Crippen LogP contribution in [0.2, 0.25) is 0 Å². The average Bonchev–Trinajstić information content (AvgIpc) is 2.84. The van der Waals surface area contributed by atoms with Crippen molar-refractivity contribution in [3.8, 4) is 12.3 Å². The first kappa shape index (κ1) is 8.13. The van der Waals surface area contributed by atoms with Gasteiger partial charge in [0, 0.05) is 12.5 Å². The standard InChI is InChI=1S/C11H17N/c1-2-3-4-7-12-8-5-6-10-9-11(10)12/h1,10-11H,3-9H2. The Morgan fingerprint density at radius 3 is 3.25 bits per heavy atom. The van der Waals surface area contributed by atoms with Crippen LogP contribution >= 0.6 is 0 Å². The Morgan fingerprint density at radius 2 is 2.42 bits per heavy atom. The lowest BCUT2D eigenvalue weighted by molar-refractivity contribution is 0.214. The summed E-state index contributed by atoms with van der Waals surface area (Å²) >= 11 is 0. The molecule has 0 N–H and O–H groups in total. The van der Waals surface area contributed by atoms with Gasteiger partial charge < -0.3 is 4.90 Å². The summed E-state index contributed by atoms with van der Waals surface area (Å²) in [6, 6.07) is 0.955. The molecule has 0 aromatic heterocycles. The number of fused-ring (bicyclic) bond motifs is 1. The Morgan fingerprint density at radius 1 is 1.50 bits per heavy atom. The Bertz CT molecular complexity index is 192. The highest BCUT2D eigenvalue weighted by Gasteiger charge is 2.43. The van der Waals surface area contributed by atoms with E-state index in [2.05, 4.69) is 10.8 Å². The van der Waals surface area contributed by atoms with E-state index in [4.69, 9.17) is 6.42 Å². The molecule has 0 bridgehead atoms. The molecule has 2 rings (SSSR count). The summed E-state index contributed by atoms with van der Waals surface area (Å²) in [5.74, 6) is 3.77. The maximum atomic E-state index is 5.22. The van der Waals surface area contributed by atoms with Gasteiger partial charge in [0.15, 0.2) is 0 Å². The zero-order valence-electron chi connectivity index (χ0n) is 7.63. The third-order valence-electron chi connectivity index (χ3n) is 3.14. The molecule has 0 aromatic rings. The van der Waals surface area contributed by atoms with Crippen LogP contribution in [0.1, 0.15) is 32.1 Å². The van der Waals surface area contributed by atoms with E-state index in [1.807, 2.05) is 0 Å². The smallest absolute Gasteiger partial charge is 0.0127 e. The number of terminal acetylenes is 1. The van der Waals surface area contributed by atoms with Crippen molar-refractivity contribution in [2.24, 2.45) is 5.92 Å². The van der Waals surface area contributed by atoms with Gasteiger partial charge in [-0.3, -0.25) is 0 Å². The molecule has 0 radical (unpaired) electrons. The van der Waals surface area contributed by atoms with Crippen molar-refractivity contribution in [2.45, 2.75) is 38.1 Å². The van der Waals surface area contributed by atoms with E-state index in [-0.39, 0.29) is 0 Å². The highest BCUT2D eigenvalue weighted by molar-refractivity contribution is 4.98. The molecular weight excluding hydrogens is 146 g/mol. The van der Waals surface area contributed by atoms with Crippen LogP contribution in [-0.2, 0) is 0 Å². The molecule has 1 nitrogen and oxygen atoms in total. The number of nitrogens with zero attached hydrogens (tertiary/aromatic N) is 1. The largest absolute Gasteiger partial charge is 0.300 e. The van der Waals surface area contributed by atoms with E-state index in [1.165, 1.54) is 38.8 Å². The number of piperidine rings is 1. The van der Waals surface area contributed by atoms with E-state index >= 15 is 0 Å². The highest BCUT2D eigenvalue weighted by Crippen LogP contribution is 2.42. The third kappa shape index (κ3) is 1.64. The Labute approximate surface area is 75.1 Å². The summed E-state index contributed by atoms with van der Waals surface area (Å²) in [4.78, 5) is 2.64. The van der Waals surface area contributed by atoms with Gasteiger partial charge in [0.05, 0.1) is 0 Å². The van der Waals surface area contributed by atoms with Gasteiger partial charge in [0.2, 0.25) is 0 Å². The molecule has 1 saturated carbocycles. The first-order chi connectivity index (χ1) is 5.92. The van der Waals surface area contributed by atoms with Gasteiger partial charge in [-0.2, -0.15) is 0 Å². The van der Waals surface area contributed by atoms with Crippen LogP contribution in [0, 0.1) is 18.3 Å². The normalized spacial score (nSPS) is 33.9. The van der Waals surface area contributed by atoms with Gasteiger partial charge in [0.25, 0.3) is 0 Å². The topological polar surface area (TPSA) is 3.24 Å². The van der Waals surface area contributed by atoms with E-state index in [0.29, 0.717) is 0 Å². The molecule has 0 amide bonds. The number of hydrogen-bond donors (Lipinski definition) is 0. The lowest BCUT2D eigenvalue weighted by Gasteiger charge is -2.25. The lowest BCUT2D eigenvalue weighted by Crippen LogP contribution is -2.32. The van der Waals surface area contributed by atoms with E-state index in [0.717, 1.165) is 18.4 Å². The number of rotatable bonds is 3. The summed E-state index contributed by atoms with van der Waals surface area (Å²) in [5.41, 5.74) is 0. The molecule has 66 valence electrons. The molecule has 1 heteroatoms. The van der Waals surface area contributed by atoms with Crippen molar-refractivity contribution in [2.75, 3.05) is 13.1 Å². The second-order valence-electron chi connectivity index (χ2n) is 4.05. The van der Waals surface area contributed by atoms with Crippen molar-refractivity contribution in [1.29, 1.82) is 0 Å². The third-order valence-corrected chi connectivity index (χ3v) is 3.14. The summed E-state index contributed by atoms with van der Waals surface area (Å²) in [6.07, 6.45) is 11.7. The molecule has 2 aliphatic rings. The molecule has 1 heterocycles. The number of likely N-dealkylation sites (tertiary alicyclic amines) is 1. The van der Waals surface area contributed by atoms with Crippen LogP contribution in [0.5, 0.6) is 0 Å². The Hall–Kier alpha value is -0.480. The van der Waals surface area contributed by atoms with Gasteiger partial charge in [-0.15, -0.1) is 12.3 Å². The summed E-state index contributed by atoms with van der Waals surface area (Å²) < 4.78 is 0. The van der Waals surface area contributed by atoms with Gasteiger partial charge >= 0.3 is 0 Å². The van der Waals surface area contributed by atoms with Crippen LogP contribution in [0.4, 0.5) is 0 Å². The molecular formula is C11H17N. The second kappa shape index (κ2) is 3.49. The van der Waals surface area contributed by atoms with Gasteiger partial charge in [-0.05, 0) is 44.7 Å². The lowest BCUT2D eigenvalue weighted by atomic mass is 10.1. The minimum Gasteiger partial charge on any atom is -0.300 e. The Balaban J connectivity index is 1.70. The molecule has 2 atom stereocenters. The monoisotopic (exact) mass is 163 g/mol. The molecule has 2 fully saturated rings. The van der Waals surface area contributed by atoms with Gasteiger partial charge in [-0.25, -0.2) is 0 Å². The van der Waals surface area contributed by atoms with Crippen LogP contribution in [-0.4, -0.2) is 24.0 Å². The number of hydrogen-bond acceptors (Lipinski definition) is 1. The molecule has 2 unspecified atom stereocenters. The maximum absolute atomic E-state index is 5.22. The van der Waals surface area contributed by atoms with E-state index in [1.54, 1.807) is 0 Å². The van der Waals surface area contributed by atoms with E-state index < -0.39 is 0 Å². The van der Waals surface area contributed by atoms with Crippen LogP contribution in [0.25, 0.3) is 0 Å². The Kier molecular flexibility index (Phi) is 2.37. The van der Waals surface area contributed by atoms with E-state index in [9.17, 15) is 0 Å². The van der Waals surface area contributed by atoms with Crippen molar-refractivity contribution in [1.82, 2.24) is 4.90 Å². The molecule has 0 spiro atoms. The fourth-order valence-electron chi connectivity index (χ4n) is 2.37. The summed E-state index contributed by atoms with van der Waals surface area (Å²) in [6.45, 7) is 2.57. The van der Waals surface area contributed by atoms with Crippen molar-refractivity contribution in [3.05, 3.63) is 0 Å². The SMILES string of the molecule is C#CCCCN1CCCC2CC21. The predicted octanol–water partition coefficient (Wildman–Crippen LogP) is 1.88. The quantitative estimate of drug-likeness (QED) is 0.453. The average molecular weight is 163 g/mol. The van der Waals surface area contributed by atoms with Crippen molar-refractivity contribution in [3.63, 3.8) is 0 Å². The minimum atomic E-state index is 0.952. The first-order valence-electron chi connectivity index (χ1n) is 5.09. The predicted molar refractivity (Wildman–Crippen MR) is 50.8 cm³/mol. The maximum Gasteiger partial charge on any atom is 0.0127 e. The number of unbranched alkanes of at least 4 members (excludes halogenated alkanes) is 1. The van der Waals surface area contributed by atoms with Crippen LogP contribution in [0.15, 0.2) is 0 Å². The van der Waals surface area contributed by atoms with Crippen molar-refractivity contribution < 1.29 is 0 Å². The molecule has 0 aromatic carbocycles. The molecule has 1 aliphatic carbocycles. The molecule has 1 saturated heterocycles.